The van der Waals surface area contributed by atoms with Gasteiger partial charge < -0.3 is 24.1 Å². The third-order valence-electron chi connectivity index (χ3n) is 7.98. The number of amides is 2. The number of hydrogen-bond donors (Lipinski definition) is 1. The second kappa shape index (κ2) is 11.5. The van der Waals surface area contributed by atoms with Crippen LogP contribution in [0, 0.1) is 22.0 Å². The molecule has 3 rings (SSSR count). The van der Waals surface area contributed by atoms with Gasteiger partial charge in [0.1, 0.15) is 18.9 Å². The van der Waals surface area contributed by atoms with Crippen LogP contribution in [0.4, 0.5) is 10.5 Å². The topological polar surface area (TPSA) is 137 Å². The Labute approximate surface area is 230 Å². The quantitative estimate of drug-likeness (QED) is 0.145. The molecule has 11 nitrogen and oxygen atoms in total. The Hall–Kier alpha value is -3.25. The van der Waals surface area contributed by atoms with Gasteiger partial charge in [0.2, 0.25) is 5.91 Å². The molecule has 0 unspecified atom stereocenters. The first-order chi connectivity index (χ1) is 18.1. The average Bonchev–Trinajstić information content (AvgIpc) is 3.08. The molecule has 39 heavy (non-hydrogen) atoms. The van der Waals surface area contributed by atoms with Crippen LogP contribution in [0.1, 0.15) is 47.1 Å². The molecule has 0 saturated carbocycles. The van der Waals surface area contributed by atoms with E-state index in [1.807, 2.05) is 13.8 Å². The van der Waals surface area contributed by atoms with Crippen molar-refractivity contribution < 1.29 is 33.2 Å². The number of ether oxygens (including phenoxy) is 2. The summed E-state index contributed by atoms with van der Waals surface area (Å²) in [4.78, 5) is 50.7. The number of carbonyl (C=O) groups excluding carboxylic acids is 3. The maximum atomic E-state index is 13.5. The molecule has 4 atom stereocenters. The predicted octanol–water partition coefficient (Wildman–Crippen LogP) is 4.53. The summed E-state index contributed by atoms with van der Waals surface area (Å²) < 4.78 is 17.4. The Morgan fingerprint density at radius 3 is 2.31 bits per heavy atom. The van der Waals surface area contributed by atoms with Crippen LogP contribution < -0.4 is 5.32 Å². The summed E-state index contributed by atoms with van der Waals surface area (Å²) in [5.74, 6) is -1.67. The van der Waals surface area contributed by atoms with Crippen molar-refractivity contribution in [3.05, 3.63) is 51.2 Å². The molecule has 2 heterocycles. The number of non-ortho nitro benzene ring substituents is 1. The minimum Gasteiger partial charge on any atom is -0.456 e. The van der Waals surface area contributed by atoms with E-state index in [9.17, 15) is 24.5 Å². The van der Waals surface area contributed by atoms with E-state index in [1.165, 1.54) is 29.2 Å². The fraction of sp³-hybridized carbons (Fsp3) is 0.593. The Kier molecular flexibility index (Phi) is 8.91. The first-order valence-corrected chi connectivity index (χ1v) is 16.1. The number of nitrogens with zero attached hydrogens (tertiary/aromatic N) is 2. The van der Waals surface area contributed by atoms with Gasteiger partial charge in [-0.1, -0.05) is 27.7 Å². The smallest absolute Gasteiger partial charge is 0.407 e. The highest BCUT2D eigenvalue weighted by molar-refractivity contribution is 6.74. The lowest BCUT2D eigenvalue weighted by molar-refractivity contribution is -0.384. The molecular formula is C27H39N3O8Si. The maximum absolute atomic E-state index is 13.5. The largest absolute Gasteiger partial charge is 0.456 e. The molecule has 1 aromatic rings. The summed E-state index contributed by atoms with van der Waals surface area (Å²) in [7, 11) is -2.16. The molecule has 1 fully saturated rings. The second-order valence-corrected chi connectivity index (χ2v) is 16.3. The van der Waals surface area contributed by atoms with Crippen LogP contribution in [0.3, 0.4) is 0 Å². The van der Waals surface area contributed by atoms with Crippen LogP contribution in [0.2, 0.25) is 18.1 Å². The highest BCUT2D eigenvalue weighted by Crippen LogP contribution is 2.49. The van der Waals surface area contributed by atoms with Gasteiger partial charge in [0.05, 0.1) is 23.0 Å². The first-order valence-electron chi connectivity index (χ1n) is 13.2. The number of esters is 1. The van der Waals surface area contributed by atoms with E-state index in [2.05, 4.69) is 39.2 Å². The summed E-state index contributed by atoms with van der Waals surface area (Å²) >= 11 is 0. The van der Waals surface area contributed by atoms with Crippen LogP contribution in [0.15, 0.2) is 35.5 Å². The molecule has 1 N–H and O–H groups in total. The summed E-state index contributed by atoms with van der Waals surface area (Å²) in [6.07, 6.45) is -0.981. The van der Waals surface area contributed by atoms with Crippen molar-refractivity contribution in [2.24, 2.45) is 11.8 Å². The average molecular weight is 562 g/mol. The van der Waals surface area contributed by atoms with Crippen molar-refractivity contribution in [2.45, 2.75) is 78.4 Å². The van der Waals surface area contributed by atoms with Crippen LogP contribution in [0.5, 0.6) is 0 Å². The Bertz CT molecular complexity index is 1160. The number of rotatable bonds is 10. The third-order valence-corrected chi connectivity index (χ3v) is 12.6. The lowest BCUT2D eigenvalue weighted by atomic mass is 9.78. The number of hydrogen-bond acceptors (Lipinski definition) is 8. The van der Waals surface area contributed by atoms with Crippen molar-refractivity contribution >= 4 is 32.0 Å². The highest BCUT2D eigenvalue weighted by Gasteiger charge is 2.61. The summed E-state index contributed by atoms with van der Waals surface area (Å²) in [6, 6.07) is 5.34. The predicted molar refractivity (Wildman–Crippen MR) is 146 cm³/mol. The molecule has 214 valence electrons. The van der Waals surface area contributed by atoms with Crippen molar-refractivity contribution in [3.63, 3.8) is 0 Å². The lowest BCUT2D eigenvalue weighted by Crippen LogP contribution is -2.65. The third kappa shape index (κ3) is 6.16. The molecule has 1 saturated heterocycles. The normalized spacial score (nSPS) is 21.7. The molecule has 2 amide bonds. The van der Waals surface area contributed by atoms with Gasteiger partial charge in [0.25, 0.3) is 5.69 Å². The van der Waals surface area contributed by atoms with Gasteiger partial charge in [-0.25, -0.2) is 9.59 Å². The Balaban J connectivity index is 1.82. The minimum atomic E-state index is -2.16. The maximum Gasteiger partial charge on any atom is 0.407 e. The first kappa shape index (κ1) is 30.3. The van der Waals surface area contributed by atoms with Crippen LogP contribution >= 0.6 is 0 Å². The van der Waals surface area contributed by atoms with Gasteiger partial charge >= 0.3 is 12.1 Å². The molecule has 1 aromatic carbocycles. The summed E-state index contributed by atoms with van der Waals surface area (Å²) in [5.41, 5.74) is 1.08. The van der Waals surface area contributed by atoms with Gasteiger partial charge in [-0.2, -0.15) is 0 Å². The molecule has 0 aromatic heterocycles. The monoisotopic (exact) mass is 561 g/mol. The lowest BCUT2D eigenvalue weighted by Gasteiger charge is -2.50. The number of alkyl carbamates (subject to hydrolysis) is 1. The van der Waals surface area contributed by atoms with E-state index in [0.29, 0.717) is 17.7 Å². The Morgan fingerprint density at radius 1 is 1.15 bits per heavy atom. The number of fused-ring (bicyclic) bond motifs is 1. The SMILES string of the molecule is CCNC(=O)OCC1=C(C(=O)OCc2ccc([N+](=O)[O-])cc2)N2C(=O)[C@H]([C@@H](C)O[Si](C)(C)C(C)(C)C)[C@H]2[C@H]1C. The van der Waals surface area contributed by atoms with Gasteiger partial charge in [0, 0.05) is 30.2 Å². The van der Waals surface area contributed by atoms with Crippen molar-refractivity contribution in [3.8, 4) is 0 Å². The van der Waals surface area contributed by atoms with E-state index >= 15 is 0 Å². The van der Waals surface area contributed by atoms with Crippen molar-refractivity contribution in [1.29, 1.82) is 0 Å². The van der Waals surface area contributed by atoms with Crippen molar-refractivity contribution in [1.82, 2.24) is 10.2 Å². The second-order valence-electron chi connectivity index (χ2n) is 11.6. The number of carbonyl (C=O) groups is 3. The van der Waals surface area contributed by atoms with Gasteiger partial charge in [-0.3, -0.25) is 14.9 Å². The van der Waals surface area contributed by atoms with Crippen LogP contribution in [0.25, 0.3) is 0 Å². The van der Waals surface area contributed by atoms with Crippen molar-refractivity contribution in [2.75, 3.05) is 13.2 Å². The van der Waals surface area contributed by atoms with E-state index in [4.69, 9.17) is 13.9 Å². The number of nitro groups is 1. The molecule has 2 aliphatic rings. The van der Waals surface area contributed by atoms with Crippen LogP contribution in [-0.2, 0) is 30.1 Å². The molecule has 0 spiro atoms. The standard InChI is InChI=1S/C27H39N3O8Si/c1-9-28-26(33)37-15-20-16(2)22-21(17(3)38-39(7,8)27(4,5)6)24(31)29(22)23(20)25(32)36-14-18-10-12-19(13-11-18)30(34)35/h10-13,16-17,21-22H,9,14-15H2,1-8H3,(H,28,33)/t16-,17+,21+,22+/m0/s1. The van der Waals surface area contributed by atoms with Gasteiger partial charge in [-0.15, -0.1) is 0 Å². The fourth-order valence-corrected chi connectivity index (χ4v) is 6.22. The van der Waals surface area contributed by atoms with Gasteiger partial charge in [0.15, 0.2) is 8.32 Å². The molecule has 2 aliphatic heterocycles. The molecular weight excluding hydrogens is 522 g/mol. The fourth-order valence-electron chi connectivity index (χ4n) is 4.79. The van der Waals surface area contributed by atoms with E-state index in [-0.39, 0.29) is 53.6 Å². The van der Waals surface area contributed by atoms with E-state index < -0.39 is 31.2 Å². The summed E-state index contributed by atoms with van der Waals surface area (Å²) in [5, 5.41) is 13.4. The zero-order valence-corrected chi connectivity index (χ0v) is 24.9. The molecule has 12 heteroatoms. The Morgan fingerprint density at radius 2 is 1.77 bits per heavy atom. The molecule has 0 radical (unpaired) electrons. The van der Waals surface area contributed by atoms with Crippen LogP contribution in [-0.4, -0.2) is 61.4 Å². The van der Waals surface area contributed by atoms with E-state index in [1.54, 1.807) is 6.92 Å². The molecule has 0 bridgehead atoms. The number of β-lactam (4-membered cyclic amide) rings is 1. The number of nitrogens with one attached hydrogen (secondary N) is 1. The molecule has 0 aliphatic carbocycles. The minimum absolute atomic E-state index is 0.0360. The number of benzene rings is 1. The zero-order chi connectivity index (χ0) is 29.3. The zero-order valence-electron chi connectivity index (χ0n) is 23.9. The summed E-state index contributed by atoms with van der Waals surface area (Å²) in [6.45, 7) is 16.3. The highest BCUT2D eigenvalue weighted by atomic mass is 28.4. The van der Waals surface area contributed by atoms with Gasteiger partial charge in [-0.05, 0) is 49.7 Å². The number of nitro benzene ring substituents is 1. The van der Waals surface area contributed by atoms with E-state index in [0.717, 1.165) is 0 Å².